The summed E-state index contributed by atoms with van der Waals surface area (Å²) in [6.07, 6.45) is -10.4. The molecule has 0 atom stereocenters. The van der Waals surface area contributed by atoms with E-state index in [-0.39, 0.29) is 0 Å². The van der Waals surface area contributed by atoms with E-state index in [0.717, 1.165) is 0 Å². The van der Waals surface area contributed by atoms with Crippen molar-refractivity contribution in [2.45, 2.75) is 25.4 Å². The third-order valence-corrected chi connectivity index (χ3v) is 1.28. The van der Waals surface area contributed by atoms with E-state index in [9.17, 15) is 30.7 Å². The van der Waals surface area contributed by atoms with Crippen LogP contribution in [0.25, 0.3) is 0 Å². The second-order valence-corrected chi connectivity index (χ2v) is 2.19. The molecule has 0 nitrogen and oxygen atoms in total. The molecule has 0 radical (unpaired) electrons. The number of hydrogen-bond donors (Lipinski definition) is 0. The second-order valence-electron chi connectivity index (χ2n) is 2.19. The van der Waals surface area contributed by atoms with Gasteiger partial charge in [-0.05, 0) is 0 Å². The normalized spacial score (nSPS) is 12.9. The van der Waals surface area contributed by atoms with Gasteiger partial charge in [-0.1, -0.05) is 6.92 Å². The van der Waals surface area contributed by atoms with Crippen LogP contribution in [-0.2, 0) is 0 Å². The van der Waals surface area contributed by atoms with Gasteiger partial charge in [0.05, 0.1) is 0 Å². The molecule has 0 aliphatic heterocycles. The maximum absolute atomic E-state index is 12.3. The molecule has 0 bridgehead atoms. The lowest BCUT2D eigenvalue weighted by Gasteiger charge is -2.19. The van der Waals surface area contributed by atoms with Crippen LogP contribution in [0, 0.1) is 0 Å². The van der Waals surface area contributed by atoms with Crippen LogP contribution >= 0.6 is 0 Å². The molecule has 0 aromatic heterocycles. The summed E-state index contributed by atoms with van der Waals surface area (Å²) in [5.74, 6) is -4.53. The van der Waals surface area contributed by atoms with E-state index in [1.165, 1.54) is 0 Å². The molecule has 0 N–H and O–H groups in total. The molecule has 0 rings (SSSR count). The zero-order chi connectivity index (χ0) is 10.9. The monoisotopic (exact) mass is 210 g/mol. The SMILES string of the molecule is CCC(F)(F)C(=C(F)F)C(F)(F)F. The number of hydrogen-bond acceptors (Lipinski definition) is 0. The minimum Gasteiger partial charge on any atom is -0.201 e. The van der Waals surface area contributed by atoms with Crippen molar-refractivity contribution in [3.05, 3.63) is 11.7 Å². The number of alkyl halides is 5. The highest BCUT2D eigenvalue weighted by Crippen LogP contribution is 2.42. The quantitative estimate of drug-likeness (QED) is 0.609. The first-order chi connectivity index (χ1) is 5.63. The largest absolute Gasteiger partial charge is 0.423 e. The maximum atomic E-state index is 12.3. The summed E-state index contributed by atoms with van der Waals surface area (Å²) in [7, 11) is 0. The molecule has 0 unspecified atom stereocenters. The van der Waals surface area contributed by atoms with Crippen LogP contribution in [0.3, 0.4) is 0 Å². The van der Waals surface area contributed by atoms with Crippen LogP contribution in [0.4, 0.5) is 30.7 Å². The smallest absolute Gasteiger partial charge is 0.201 e. The Labute approximate surface area is 69.0 Å². The highest BCUT2D eigenvalue weighted by molar-refractivity contribution is 5.18. The van der Waals surface area contributed by atoms with Gasteiger partial charge in [0, 0.05) is 6.42 Å². The Hall–Kier alpha value is -0.750. The van der Waals surface area contributed by atoms with Crippen molar-refractivity contribution in [3.8, 4) is 0 Å². The Morgan fingerprint density at radius 3 is 1.46 bits per heavy atom. The molecule has 0 spiro atoms. The van der Waals surface area contributed by atoms with E-state index >= 15 is 0 Å². The molecule has 0 fully saturated rings. The summed E-state index contributed by atoms with van der Waals surface area (Å²) in [6, 6.07) is 0. The van der Waals surface area contributed by atoms with E-state index < -0.39 is 30.2 Å². The van der Waals surface area contributed by atoms with Crippen LogP contribution in [0.5, 0.6) is 0 Å². The Bertz CT molecular complexity index is 208. The third-order valence-electron chi connectivity index (χ3n) is 1.28. The second kappa shape index (κ2) is 3.55. The summed E-state index contributed by atoms with van der Waals surface area (Å²) < 4.78 is 82.6. The average Bonchev–Trinajstić information content (AvgIpc) is 1.82. The third kappa shape index (κ3) is 2.89. The predicted octanol–water partition coefficient (Wildman–Crippen LogP) is 3.74. The average molecular weight is 210 g/mol. The first kappa shape index (κ1) is 12.2. The van der Waals surface area contributed by atoms with Crippen LogP contribution in [0.1, 0.15) is 13.3 Å². The molecule has 78 valence electrons. The van der Waals surface area contributed by atoms with Gasteiger partial charge in [0.25, 0.3) is 12.0 Å². The summed E-state index contributed by atoms with van der Waals surface area (Å²) in [6.45, 7) is 0.689. The summed E-state index contributed by atoms with van der Waals surface area (Å²) >= 11 is 0. The Morgan fingerprint density at radius 1 is 1.00 bits per heavy atom. The Kier molecular flexibility index (Phi) is 3.34. The lowest BCUT2D eigenvalue weighted by Crippen LogP contribution is -2.30. The van der Waals surface area contributed by atoms with Crippen molar-refractivity contribution in [2.75, 3.05) is 0 Å². The van der Waals surface area contributed by atoms with Crippen molar-refractivity contribution in [2.24, 2.45) is 0 Å². The molecule has 0 heterocycles. The number of rotatable bonds is 2. The van der Waals surface area contributed by atoms with Gasteiger partial charge in [-0.2, -0.15) is 22.0 Å². The minimum absolute atomic E-state index is 0.689. The predicted molar refractivity (Wildman–Crippen MR) is 30.5 cm³/mol. The zero-order valence-electron chi connectivity index (χ0n) is 6.35. The summed E-state index contributed by atoms with van der Waals surface area (Å²) in [5, 5.41) is 0. The van der Waals surface area contributed by atoms with Gasteiger partial charge in [-0.3, -0.25) is 0 Å². The maximum Gasteiger partial charge on any atom is 0.423 e. The fourth-order valence-electron chi connectivity index (χ4n) is 0.630. The molecule has 0 aliphatic rings. The lowest BCUT2D eigenvalue weighted by atomic mass is 10.1. The van der Waals surface area contributed by atoms with Gasteiger partial charge < -0.3 is 0 Å². The zero-order valence-corrected chi connectivity index (χ0v) is 6.35. The molecule has 13 heavy (non-hydrogen) atoms. The molecule has 0 aliphatic carbocycles. The standard InChI is InChI=1S/C6H5F7/c1-2-5(9,10)3(4(7)8)6(11,12)13/h2H2,1H3. The van der Waals surface area contributed by atoms with Gasteiger partial charge in [-0.15, -0.1) is 0 Å². The number of allylic oxidation sites excluding steroid dienone is 1. The molecule has 0 aromatic rings. The highest BCUT2D eigenvalue weighted by atomic mass is 19.4. The van der Waals surface area contributed by atoms with Gasteiger partial charge in [0.1, 0.15) is 0 Å². The molecule has 0 saturated heterocycles. The van der Waals surface area contributed by atoms with E-state index in [2.05, 4.69) is 0 Å². The fraction of sp³-hybridized carbons (Fsp3) is 0.667. The van der Waals surface area contributed by atoms with Crippen LogP contribution in [0.2, 0.25) is 0 Å². The molecular formula is C6H5F7. The van der Waals surface area contributed by atoms with Gasteiger partial charge >= 0.3 is 6.18 Å². The van der Waals surface area contributed by atoms with Crippen LogP contribution in [-0.4, -0.2) is 12.1 Å². The van der Waals surface area contributed by atoms with Crippen LogP contribution in [0.15, 0.2) is 11.7 Å². The van der Waals surface area contributed by atoms with Crippen molar-refractivity contribution in [1.82, 2.24) is 0 Å². The molecule has 0 aromatic carbocycles. The first-order valence-electron chi connectivity index (χ1n) is 3.13. The van der Waals surface area contributed by atoms with Gasteiger partial charge in [-0.25, -0.2) is 8.78 Å². The number of halogens is 7. The summed E-state index contributed by atoms with van der Waals surface area (Å²) in [4.78, 5) is 0. The van der Waals surface area contributed by atoms with Crippen LogP contribution < -0.4 is 0 Å². The molecule has 0 amide bonds. The van der Waals surface area contributed by atoms with E-state index in [1.54, 1.807) is 0 Å². The fourth-order valence-corrected chi connectivity index (χ4v) is 0.630. The topological polar surface area (TPSA) is 0 Å². The van der Waals surface area contributed by atoms with Crippen molar-refractivity contribution >= 4 is 0 Å². The Balaban J connectivity index is 5.22. The molecular weight excluding hydrogens is 205 g/mol. The van der Waals surface area contributed by atoms with Crippen molar-refractivity contribution < 1.29 is 30.7 Å². The lowest BCUT2D eigenvalue weighted by molar-refractivity contribution is -0.134. The van der Waals surface area contributed by atoms with Gasteiger partial charge in [0.15, 0.2) is 5.57 Å². The first-order valence-corrected chi connectivity index (χ1v) is 3.13. The molecule has 0 saturated carbocycles. The highest BCUT2D eigenvalue weighted by Gasteiger charge is 2.52. The van der Waals surface area contributed by atoms with Crippen molar-refractivity contribution in [3.63, 3.8) is 0 Å². The Morgan fingerprint density at radius 2 is 1.38 bits per heavy atom. The molecule has 7 heteroatoms. The van der Waals surface area contributed by atoms with E-state index in [4.69, 9.17) is 0 Å². The van der Waals surface area contributed by atoms with Gasteiger partial charge in [0.2, 0.25) is 0 Å². The summed E-state index contributed by atoms with van der Waals surface area (Å²) in [5.41, 5.74) is -3.05. The van der Waals surface area contributed by atoms with E-state index in [0.29, 0.717) is 6.92 Å². The minimum atomic E-state index is -5.70. The van der Waals surface area contributed by atoms with Crippen molar-refractivity contribution in [1.29, 1.82) is 0 Å². The van der Waals surface area contributed by atoms with E-state index in [1.807, 2.05) is 0 Å².